The van der Waals surface area contributed by atoms with Gasteiger partial charge in [-0.1, -0.05) is 32.6 Å². The summed E-state index contributed by atoms with van der Waals surface area (Å²) in [5, 5.41) is 0. The van der Waals surface area contributed by atoms with Gasteiger partial charge < -0.3 is 0 Å². The summed E-state index contributed by atoms with van der Waals surface area (Å²) < 4.78 is 0. The van der Waals surface area contributed by atoms with Crippen LogP contribution in [0.3, 0.4) is 0 Å². The molecule has 0 N–H and O–H groups in total. The van der Waals surface area contributed by atoms with E-state index in [0.717, 1.165) is 12.8 Å². The molecule has 10 heavy (non-hydrogen) atoms. The van der Waals surface area contributed by atoms with Gasteiger partial charge in [-0.05, 0) is 12.8 Å². The van der Waals surface area contributed by atoms with Crippen LogP contribution < -0.4 is 0 Å². The topological polar surface area (TPSA) is 17.1 Å². The minimum absolute atomic E-state index is 0.101. The quantitative estimate of drug-likeness (QED) is 0.510. The Morgan fingerprint density at radius 2 is 1.60 bits per heavy atom. The summed E-state index contributed by atoms with van der Waals surface area (Å²) in [5.74, 6) is 0. The van der Waals surface area contributed by atoms with Crippen LogP contribution in [0.1, 0.15) is 45.4 Å². The van der Waals surface area contributed by atoms with Crippen molar-refractivity contribution in [2.75, 3.05) is 0 Å². The van der Waals surface area contributed by atoms with Crippen LogP contribution in [0.25, 0.3) is 0 Å². The maximum atomic E-state index is 10.5. The van der Waals surface area contributed by atoms with E-state index in [9.17, 15) is 4.79 Å². The molecule has 1 saturated carbocycles. The van der Waals surface area contributed by atoms with Gasteiger partial charge in [0.25, 0.3) is 0 Å². The van der Waals surface area contributed by atoms with Crippen LogP contribution in [0.4, 0.5) is 0 Å². The molecule has 0 spiro atoms. The first-order valence-electron chi connectivity index (χ1n) is 4.16. The van der Waals surface area contributed by atoms with Crippen LogP contribution in [0, 0.1) is 5.41 Å². The van der Waals surface area contributed by atoms with Gasteiger partial charge in [0, 0.05) is 5.41 Å². The Morgan fingerprint density at radius 1 is 1.10 bits per heavy atom. The van der Waals surface area contributed by atoms with E-state index in [1.54, 1.807) is 0 Å². The Morgan fingerprint density at radius 3 is 2.00 bits per heavy atom. The van der Waals surface area contributed by atoms with Crippen LogP contribution in [0.15, 0.2) is 0 Å². The molecule has 0 heterocycles. The summed E-state index contributed by atoms with van der Waals surface area (Å²) in [6.07, 6.45) is 9.31. The van der Waals surface area contributed by atoms with Crippen LogP contribution in [-0.4, -0.2) is 6.29 Å². The SMILES string of the molecule is CC1([C]=O)CCCCCC1. The van der Waals surface area contributed by atoms with Crippen molar-refractivity contribution in [3.8, 4) is 0 Å². The second-order valence-electron chi connectivity index (χ2n) is 3.58. The van der Waals surface area contributed by atoms with Crippen molar-refractivity contribution in [2.45, 2.75) is 45.4 Å². The summed E-state index contributed by atoms with van der Waals surface area (Å²) in [6.45, 7) is 2.03. The predicted molar refractivity (Wildman–Crippen MR) is 41.5 cm³/mol. The van der Waals surface area contributed by atoms with E-state index in [-0.39, 0.29) is 5.41 Å². The van der Waals surface area contributed by atoms with Crippen molar-refractivity contribution in [1.29, 1.82) is 0 Å². The molecular formula is C9H15O. The molecule has 0 aromatic heterocycles. The first-order chi connectivity index (χ1) is 4.77. The molecule has 57 valence electrons. The second kappa shape index (κ2) is 3.18. The van der Waals surface area contributed by atoms with Crippen molar-refractivity contribution in [1.82, 2.24) is 0 Å². The lowest BCUT2D eigenvalue weighted by molar-refractivity contribution is 0.372. The lowest BCUT2D eigenvalue weighted by Crippen LogP contribution is -2.16. The molecule has 0 unspecified atom stereocenters. The van der Waals surface area contributed by atoms with Crippen molar-refractivity contribution in [3.63, 3.8) is 0 Å². The van der Waals surface area contributed by atoms with Gasteiger partial charge in [-0.3, -0.25) is 4.79 Å². The van der Waals surface area contributed by atoms with Gasteiger partial charge in [-0.25, -0.2) is 0 Å². The highest BCUT2D eigenvalue weighted by molar-refractivity contribution is 5.59. The van der Waals surface area contributed by atoms with E-state index in [2.05, 4.69) is 6.29 Å². The highest BCUT2D eigenvalue weighted by atomic mass is 16.1. The smallest absolute Gasteiger partial charge is 0.204 e. The fraction of sp³-hybridized carbons (Fsp3) is 0.889. The Kier molecular flexibility index (Phi) is 2.47. The van der Waals surface area contributed by atoms with Crippen LogP contribution >= 0.6 is 0 Å². The summed E-state index contributed by atoms with van der Waals surface area (Å²) in [7, 11) is 0. The van der Waals surface area contributed by atoms with Gasteiger partial charge >= 0.3 is 0 Å². The maximum absolute atomic E-state index is 10.5. The van der Waals surface area contributed by atoms with E-state index in [0.29, 0.717) is 0 Å². The normalized spacial score (nSPS) is 25.3. The van der Waals surface area contributed by atoms with E-state index in [1.165, 1.54) is 25.7 Å². The minimum Gasteiger partial charge on any atom is -0.290 e. The fourth-order valence-corrected chi connectivity index (χ4v) is 1.61. The molecule has 1 aliphatic carbocycles. The molecule has 1 heteroatoms. The average molecular weight is 139 g/mol. The zero-order valence-electron chi connectivity index (χ0n) is 6.65. The van der Waals surface area contributed by atoms with Gasteiger partial charge in [-0.2, -0.15) is 0 Å². The van der Waals surface area contributed by atoms with Gasteiger partial charge in [0.2, 0.25) is 6.29 Å². The number of rotatable bonds is 1. The lowest BCUT2D eigenvalue weighted by Gasteiger charge is -2.17. The monoisotopic (exact) mass is 139 g/mol. The first kappa shape index (κ1) is 7.77. The zero-order valence-corrected chi connectivity index (χ0v) is 6.65. The Labute approximate surface area is 62.8 Å². The predicted octanol–water partition coefficient (Wildman–Crippen LogP) is 2.46. The van der Waals surface area contributed by atoms with Crippen molar-refractivity contribution in [3.05, 3.63) is 0 Å². The number of hydrogen-bond acceptors (Lipinski definition) is 1. The molecule has 0 atom stereocenters. The highest BCUT2D eigenvalue weighted by Gasteiger charge is 2.25. The molecule has 1 rings (SSSR count). The van der Waals surface area contributed by atoms with E-state index in [1.807, 2.05) is 6.92 Å². The minimum atomic E-state index is -0.101. The Bertz CT molecular complexity index is 110. The molecule has 0 saturated heterocycles. The van der Waals surface area contributed by atoms with Crippen LogP contribution in [-0.2, 0) is 4.79 Å². The standard InChI is InChI=1S/C9H15O/c1-9(8-10)6-4-2-3-5-7-9/h2-7H2,1H3. The van der Waals surface area contributed by atoms with Crippen molar-refractivity contribution >= 4 is 6.29 Å². The molecule has 0 amide bonds. The molecular weight excluding hydrogens is 124 g/mol. The third-order valence-corrected chi connectivity index (χ3v) is 2.45. The van der Waals surface area contributed by atoms with E-state index in [4.69, 9.17) is 0 Å². The average Bonchev–Trinajstić information content (AvgIpc) is 2.15. The van der Waals surface area contributed by atoms with Gasteiger partial charge in [0.15, 0.2) is 0 Å². The molecule has 0 bridgehead atoms. The van der Waals surface area contributed by atoms with Crippen molar-refractivity contribution < 1.29 is 4.79 Å². The number of carbonyl (C=O) groups excluding carboxylic acids is 1. The van der Waals surface area contributed by atoms with Crippen LogP contribution in [0.5, 0.6) is 0 Å². The molecule has 0 aromatic rings. The van der Waals surface area contributed by atoms with Gasteiger partial charge in [-0.15, -0.1) is 0 Å². The number of hydrogen-bond donors (Lipinski definition) is 0. The van der Waals surface area contributed by atoms with E-state index < -0.39 is 0 Å². The zero-order chi connectivity index (χ0) is 7.45. The third kappa shape index (κ3) is 1.83. The maximum Gasteiger partial charge on any atom is 0.204 e. The summed E-state index contributed by atoms with van der Waals surface area (Å²) in [4.78, 5) is 10.5. The summed E-state index contributed by atoms with van der Waals surface area (Å²) in [6, 6.07) is 0. The van der Waals surface area contributed by atoms with Gasteiger partial charge in [0.1, 0.15) is 0 Å². The van der Waals surface area contributed by atoms with Gasteiger partial charge in [0.05, 0.1) is 0 Å². The molecule has 1 fully saturated rings. The van der Waals surface area contributed by atoms with E-state index >= 15 is 0 Å². The molecule has 0 aliphatic heterocycles. The molecule has 0 aromatic carbocycles. The largest absolute Gasteiger partial charge is 0.290 e. The first-order valence-corrected chi connectivity index (χ1v) is 4.16. The molecule has 1 nitrogen and oxygen atoms in total. The molecule has 1 aliphatic rings. The van der Waals surface area contributed by atoms with Crippen LogP contribution in [0.2, 0.25) is 0 Å². The fourth-order valence-electron chi connectivity index (χ4n) is 1.61. The second-order valence-corrected chi connectivity index (χ2v) is 3.58. The Balaban J connectivity index is 2.48. The summed E-state index contributed by atoms with van der Waals surface area (Å²) >= 11 is 0. The summed E-state index contributed by atoms with van der Waals surface area (Å²) in [5.41, 5.74) is -0.101. The third-order valence-electron chi connectivity index (χ3n) is 2.45. The van der Waals surface area contributed by atoms with Crippen molar-refractivity contribution in [2.24, 2.45) is 5.41 Å². The Hall–Kier alpha value is -0.330. The molecule has 1 radical (unpaired) electrons. The highest BCUT2D eigenvalue weighted by Crippen LogP contribution is 2.31. The lowest BCUT2D eigenvalue weighted by atomic mass is 9.84.